The molecule has 0 aromatic heterocycles. The topological polar surface area (TPSA) is 91.9 Å². The van der Waals surface area contributed by atoms with Gasteiger partial charge in [0.25, 0.3) is 5.91 Å². The van der Waals surface area contributed by atoms with Crippen molar-refractivity contribution in [1.29, 1.82) is 0 Å². The van der Waals surface area contributed by atoms with Gasteiger partial charge in [0.2, 0.25) is 0 Å². The number of methoxy groups -OCH3 is 2. The summed E-state index contributed by atoms with van der Waals surface area (Å²) in [4.78, 5) is 26.6. The van der Waals surface area contributed by atoms with Crippen LogP contribution in [0.5, 0.6) is 11.5 Å². The molecule has 3 aromatic carbocycles. The lowest BCUT2D eigenvalue weighted by atomic mass is 9.99. The van der Waals surface area contributed by atoms with Gasteiger partial charge in [-0.15, -0.1) is 0 Å². The Bertz CT molecular complexity index is 1250. The zero-order valence-electron chi connectivity index (χ0n) is 19.4. The number of anilines is 3. The highest BCUT2D eigenvalue weighted by Crippen LogP contribution is 2.43. The van der Waals surface area contributed by atoms with Crippen LogP contribution in [-0.2, 0) is 4.79 Å². The van der Waals surface area contributed by atoms with Crippen LogP contribution in [0.15, 0.2) is 66.7 Å². The van der Waals surface area contributed by atoms with E-state index in [1.807, 2.05) is 54.6 Å². The number of benzene rings is 3. The lowest BCUT2D eigenvalue weighted by molar-refractivity contribution is -0.110. The molecule has 0 saturated heterocycles. The molecule has 174 valence electrons. The van der Waals surface area contributed by atoms with Gasteiger partial charge >= 0.3 is 6.03 Å². The van der Waals surface area contributed by atoms with E-state index in [0.717, 1.165) is 16.9 Å². The standard InChI is InChI=1S/C26H26N4O4/c1-27-26(32)30(2)18-12-10-17(11-13-18)28-24(16-8-6-5-7-9-16)23-19-14-21(33-3)22(34-4)15-20(19)29-25(23)31/h5-15,28H,1-4H3,(H,27,32)(H,29,31). The van der Waals surface area contributed by atoms with Gasteiger partial charge in [0.05, 0.1) is 31.2 Å². The number of ether oxygens (including phenoxy) is 2. The Hall–Kier alpha value is -4.46. The van der Waals surface area contributed by atoms with Crippen LogP contribution < -0.4 is 30.3 Å². The molecule has 0 spiro atoms. The Labute approximate surface area is 198 Å². The number of nitrogens with one attached hydrogen (secondary N) is 3. The number of hydrogen-bond donors (Lipinski definition) is 3. The fraction of sp³-hybridized carbons (Fsp3) is 0.154. The van der Waals surface area contributed by atoms with Gasteiger partial charge < -0.3 is 25.4 Å². The molecule has 0 fully saturated rings. The quantitative estimate of drug-likeness (QED) is 0.476. The third-order valence-corrected chi connectivity index (χ3v) is 5.62. The molecule has 3 N–H and O–H groups in total. The predicted octanol–water partition coefficient (Wildman–Crippen LogP) is 4.41. The second-order valence-corrected chi connectivity index (χ2v) is 7.61. The van der Waals surface area contributed by atoms with Gasteiger partial charge in [0.1, 0.15) is 0 Å². The molecule has 1 aliphatic heterocycles. The van der Waals surface area contributed by atoms with Gasteiger partial charge in [-0.1, -0.05) is 30.3 Å². The molecule has 0 bridgehead atoms. The minimum Gasteiger partial charge on any atom is -0.493 e. The third-order valence-electron chi connectivity index (χ3n) is 5.62. The number of fused-ring (bicyclic) bond motifs is 1. The second-order valence-electron chi connectivity index (χ2n) is 7.61. The summed E-state index contributed by atoms with van der Waals surface area (Å²) in [5.74, 6) is 0.838. The zero-order chi connectivity index (χ0) is 24.2. The van der Waals surface area contributed by atoms with Gasteiger partial charge in [-0.05, 0) is 35.9 Å². The Morgan fingerprint density at radius 2 is 1.59 bits per heavy atom. The summed E-state index contributed by atoms with van der Waals surface area (Å²) in [6.07, 6.45) is 0. The SMILES string of the molecule is CNC(=O)N(C)c1ccc(NC(=C2C(=O)Nc3cc(OC)c(OC)cc32)c2ccccc2)cc1. The Balaban J connectivity index is 1.80. The average Bonchev–Trinajstić information content (AvgIpc) is 3.20. The van der Waals surface area contributed by atoms with Crippen molar-refractivity contribution in [3.63, 3.8) is 0 Å². The van der Waals surface area contributed by atoms with Crippen molar-refractivity contribution >= 4 is 40.3 Å². The van der Waals surface area contributed by atoms with E-state index in [1.165, 1.54) is 4.90 Å². The second kappa shape index (κ2) is 9.58. The van der Waals surface area contributed by atoms with Crippen LogP contribution in [-0.4, -0.2) is 40.3 Å². The van der Waals surface area contributed by atoms with Crippen molar-refractivity contribution in [3.05, 3.63) is 77.9 Å². The van der Waals surface area contributed by atoms with Crippen molar-refractivity contribution in [1.82, 2.24) is 5.32 Å². The fourth-order valence-corrected chi connectivity index (χ4v) is 3.83. The fourth-order valence-electron chi connectivity index (χ4n) is 3.83. The van der Waals surface area contributed by atoms with Gasteiger partial charge in [-0.2, -0.15) is 0 Å². The molecule has 3 aromatic rings. The van der Waals surface area contributed by atoms with Crippen LogP contribution in [0, 0.1) is 0 Å². The smallest absolute Gasteiger partial charge is 0.321 e. The largest absolute Gasteiger partial charge is 0.493 e. The highest BCUT2D eigenvalue weighted by Gasteiger charge is 2.30. The molecule has 1 heterocycles. The molecule has 0 aliphatic carbocycles. The van der Waals surface area contributed by atoms with Crippen molar-refractivity contribution in [2.45, 2.75) is 0 Å². The van der Waals surface area contributed by atoms with Crippen molar-refractivity contribution in [3.8, 4) is 11.5 Å². The molecule has 8 heteroatoms. The van der Waals surface area contributed by atoms with Crippen LogP contribution in [0.1, 0.15) is 11.1 Å². The van der Waals surface area contributed by atoms with E-state index in [2.05, 4.69) is 16.0 Å². The Morgan fingerprint density at radius 3 is 2.21 bits per heavy atom. The zero-order valence-corrected chi connectivity index (χ0v) is 19.4. The summed E-state index contributed by atoms with van der Waals surface area (Å²) < 4.78 is 10.9. The van der Waals surface area contributed by atoms with Crippen molar-refractivity contribution in [2.24, 2.45) is 0 Å². The molecule has 3 amide bonds. The number of nitrogens with zero attached hydrogens (tertiary/aromatic N) is 1. The number of urea groups is 1. The summed E-state index contributed by atoms with van der Waals surface area (Å²) in [5.41, 5.74) is 4.86. The number of rotatable bonds is 6. The first-order chi connectivity index (χ1) is 16.5. The third kappa shape index (κ3) is 4.25. The van der Waals surface area contributed by atoms with E-state index in [4.69, 9.17) is 9.47 Å². The van der Waals surface area contributed by atoms with E-state index in [9.17, 15) is 9.59 Å². The van der Waals surface area contributed by atoms with Crippen molar-refractivity contribution < 1.29 is 19.1 Å². The highest BCUT2D eigenvalue weighted by atomic mass is 16.5. The number of carbonyl (C=O) groups excluding carboxylic acids is 2. The Morgan fingerprint density at radius 1 is 0.941 bits per heavy atom. The minimum absolute atomic E-state index is 0.212. The summed E-state index contributed by atoms with van der Waals surface area (Å²) in [7, 11) is 6.40. The van der Waals surface area contributed by atoms with E-state index in [1.54, 1.807) is 40.4 Å². The molecule has 8 nitrogen and oxygen atoms in total. The normalized spacial score (nSPS) is 13.5. The predicted molar refractivity (Wildman–Crippen MR) is 134 cm³/mol. The molecule has 4 rings (SSSR count). The maximum Gasteiger partial charge on any atom is 0.321 e. The monoisotopic (exact) mass is 458 g/mol. The van der Waals surface area contributed by atoms with Gasteiger partial charge in [0, 0.05) is 37.1 Å². The number of carbonyl (C=O) groups is 2. The molecule has 0 saturated carbocycles. The minimum atomic E-state index is -0.229. The average molecular weight is 459 g/mol. The van der Waals surface area contributed by atoms with E-state index in [-0.39, 0.29) is 11.9 Å². The van der Waals surface area contributed by atoms with E-state index < -0.39 is 0 Å². The first-order valence-corrected chi connectivity index (χ1v) is 10.7. The first kappa shape index (κ1) is 22.7. The molecular weight excluding hydrogens is 432 g/mol. The summed E-state index contributed by atoms with van der Waals surface area (Å²) in [6, 6.07) is 20.4. The lowest BCUT2D eigenvalue weighted by Crippen LogP contribution is -2.34. The lowest BCUT2D eigenvalue weighted by Gasteiger charge is -2.18. The number of amides is 3. The van der Waals surface area contributed by atoms with Gasteiger partial charge in [-0.3, -0.25) is 9.69 Å². The summed E-state index contributed by atoms with van der Waals surface area (Å²) in [6.45, 7) is 0. The molecule has 0 unspecified atom stereocenters. The molecule has 1 aliphatic rings. The van der Waals surface area contributed by atoms with E-state index >= 15 is 0 Å². The van der Waals surface area contributed by atoms with Crippen LogP contribution in [0.25, 0.3) is 11.3 Å². The Kier molecular flexibility index (Phi) is 6.40. The maximum atomic E-state index is 13.1. The van der Waals surface area contributed by atoms with Gasteiger partial charge in [0.15, 0.2) is 11.5 Å². The van der Waals surface area contributed by atoms with E-state index in [0.29, 0.717) is 34.0 Å². The molecule has 34 heavy (non-hydrogen) atoms. The van der Waals surface area contributed by atoms with Crippen LogP contribution >= 0.6 is 0 Å². The van der Waals surface area contributed by atoms with Crippen LogP contribution in [0.2, 0.25) is 0 Å². The van der Waals surface area contributed by atoms with Crippen LogP contribution in [0.4, 0.5) is 21.9 Å². The molecule has 0 radical (unpaired) electrons. The summed E-state index contributed by atoms with van der Waals surface area (Å²) in [5, 5.41) is 8.94. The van der Waals surface area contributed by atoms with Gasteiger partial charge in [-0.25, -0.2) is 4.79 Å². The highest BCUT2D eigenvalue weighted by molar-refractivity contribution is 6.37. The maximum absolute atomic E-state index is 13.1. The first-order valence-electron chi connectivity index (χ1n) is 10.7. The summed E-state index contributed by atoms with van der Waals surface area (Å²) >= 11 is 0. The molecule has 0 atom stereocenters. The molecular formula is C26H26N4O4. The van der Waals surface area contributed by atoms with Crippen molar-refractivity contribution in [2.75, 3.05) is 43.8 Å². The van der Waals surface area contributed by atoms with Crippen LogP contribution in [0.3, 0.4) is 0 Å². The number of hydrogen-bond acceptors (Lipinski definition) is 5.